The molecule has 0 spiro atoms. The number of rotatable bonds is 2. The second-order valence-corrected chi connectivity index (χ2v) is 3.24. The molecule has 0 rings (SSSR count). The van der Waals surface area contributed by atoms with Crippen LogP contribution in [0.25, 0.3) is 0 Å². The first-order valence-corrected chi connectivity index (χ1v) is 3.30. The first-order valence-electron chi connectivity index (χ1n) is 3.30. The maximum Gasteiger partial charge on any atom is 0.417 e. The maximum absolute atomic E-state index is 12.5. The van der Waals surface area contributed by atoms with E-state index in [2.05, 4.69) is 0 Å². The molecule has 0 unspecified atom stereocenters. The number of aliphatic hydroxyl groups is 1. The molecule has 0 saturated heterocycles. The van der Waals surface area contributed by atoms with Gasteiger partial charge in [-0.1, -0.05) is 0 Å². The molecular formula is C6H7F7O. The van der Waals surface area contributed by atoms with Crippen molar-refractivity contribution in [3.05, 3.63) is 0 Å². The molecule has 0 amide bonds. The SMILES string of the molecule is CC(C)(C(F)(F)F)C(F)(F)C(O)(F)F. The van der Waals surface area contributed by atoms with Gasteiger partial charge in [0.15, 0.2) is 0 Å². The van der Waals surface area contributed by atoms with E-state index in [1.54, 1.807) is 0 Å². The average molecular weight is 228 g/mol. The van der Waals surface area contributed by atoms with Crippen LogP contribution in [-0.4, -0.2) is 23.3 Å². The van der Waals surface area contributed by atoms with E-state index in [1.165, 1.54) is 0 Å². The fraction of sp³-hybridized carbons (Fsp3) is 1.00. The predicted octanol–water partition coefficient (Wildman–Crippen LogP) is 2.80. The van der Waals surface area contributed by atoms with Gasteiger partial charge in [0.1, 0.15) is 5.41 Å². The highest BCUT2D eigenvalue weighted by Crippen LogP contribution is 2.54. The van der Waals surface area contributed by atoms with Gasteiger partial charge in [0.25, 0.3) is 0 Å². The molecule has 0 aliphatic carbocycles. The monoisotopic (exact) mass is 228 g/mol. The second kappa shape index (κ2) is 2.98. The lowest BCUT2D eigenvalue weighted by atomic mass is 9.84. The molecule has 1 nitrogen and oxygen atoms in total. The van der Waals surface area contributed by atoms with Gasteiger partial charge in [-0.2, -0.15) is 30.7 Å². The summed E-state index contributed by atoms with van der Waals surface area (Å²) in [5.41, 5.74) is -4.02. The number of alkyl halides is 7. The normalized spacial score (nSPS) is 15.9. The molecule has 0 atom stereocenters. The molecule has 86 valence electrons. The van der Waals surface area contributed by atoms with Crippen LogP contribution in [0.4, 0.5) is 30.7 Å². The molecule has 0 saturated carbocycles. The maximum atomic E-state index is 12.5. The van der Waals surface area contributed by atoms with Crippen LogP contribution < -0.4 is 0 Å². The fourth-order valence-electron chi connectivity index (χ4n) is 0.554. The van der Waals surface area contributed by atoms with Gasteiger partial charge in [-0.15, -0.1) is 0 Å². The van der Waals surface area contributed by atoms with E-state index >= 15 is 0 Å². The van der Waals surface area contributed by atoms with E-state index in [-0.39, 0.29) is 13.8 Å². The largest absolute Gasteiger partial charge is 0.417 e. The van der Waals surface area contributed by atoms with Crippen LogP contribution >= 0.6 is 0 Å². The molecule has 14 heavy (non-hydrogen) atoms. The van der Waals surface area contributed by atoms with E-state index in [0.717, 1.165) is 0 Å². The summed E-state index contributed by atoms with van der Waals surface area (Å²) in [5, 5.41) is 7.66. The Kier molecular flexibility index (Phi) is 2.87. The fourth-order valence-corrected chi connectivity index (χ4v) is 0.554. The Balaban J connectivity index is 5.30. The summed E-state index contributed by atoms with van der Waals surface area (Å²) < 4.78 is 84.4. The first kappa shape index (κ1) is 13.5. The van der Waals surface area contributed by atoms with Gasteiger partial charge in [-0.3, -0.25) is 0 Å². The second-order valence-electron chi connectivity index (χ2n) is 3.24. The highest BCUT2D eigenvalue weighted by Gasteiger charge is 2.73. The van der Waals surface area contributed by atoms with Crippen LogP contribution in [-0.2, 0) is 0 Å². The van der Waals surface area contributed by atoms with Gasteiger partial charge in [-0.25, -0.2) is 0 Å². The quantitative estimate of drug-likeness (QED) is 0.720. The van der Waals surface area contributed by atoms with Crippen LogP contribution in [0.1, 0.15) is 13.8 Å². The first-order chi connectivity index (χ1) is 5.75. The molecule has 0 radical (unpaired) electrons. The summed E-state index contributed by atoms with van der Waals surface area (Å²) in [6.07, 6.45) is -11.3. The summed E-state index contributed by atoms with van der Waals surface area (Å²) in [6.45, 7) is -0.228. The average Bonchev–Trinajstić information content (AvgIpc) is 1.81. The summed E-state index contributed by atoms with van der Waals surface area (Å²) in [7, 11) is 0. The van der Waals surface area contributed by atoms with Crippen molar-refractivity contribution in [2.45, 2.75) is 32.1 Å². The molecule has 0 aliphatic rings. The summed E-state index contributed by atoms with van der Waals surface area (Å²) in [6, 6.07) is 0. The summed E-state index contributed by atoms with van der Waals surface area (Å²) >= 11 is 0. The Morgan fingerprint density at radius 2 is 1.07 bits per heavy atom. The zero-order valence-electron chi connectivity index (χ0n) is 7.09. The summed E-state index contributed by atoms with van der Waals surface area (Å²) in [5.74, 6) is -5.59. The molecule has 1 N–H and O–H groups in total. The topological polar surface area (TPSA) is 20.2 Å². The third-order valence-electron chi connectivity index (χ3n) is 1.87. The third-order valence-corrected chi connectivity index (χ3v) is 1.87. The van der Waals surface area contributed by atoms with E-state index < -0.39 is 23.6 Å². The molecule has 0 aliphatic heterocycles. The van der Waals surface area contributed by atoms with Crippen molar-refractivity contribution in [1.29, 1.82) is 0 Å². The zero-order chi connectivity index (χ0) is 12.0. The Hall–Kier alpha value is -0.530. The molecule has 0 aromatic rings. The lowest BCUT2D eigenvalue weighted by Crippen LogP contribution is -2.57. The molecule has 0 aromatic carbocycles. The van der Waals surface area contributed by atoms with Gasteiger partial charge < -0.3 is 5.11 Å². The van der Waals surface area contributed by atoms with Crippen molar-refractivity contribution in [1.82, 2.24) is 0 Å². The van der Waals surface area contributed by atoms with E-state index in [4.69, 9.17) is 5.11 Å². The van der Waals surface area contributed by atoms with Gasteiger partial charge in [0.2, 0.25) is 0 Å². The van der Waals surface area contributed by atoms with E-state index in [0.29, 0.717) is 0 Å². The Bertz CT molecular complexity index is 187. The number of halogens is 7. The zero-order valence-corrected chi connectivity index (χ0v) is 7.09. The molecular weight excluding hydrogens is 221 g/mol. The summed E-state index contributed by atoms with van der Waals surface area (Å²) in [4.78, 5) is 0. The molecule has 0 bridgehead atoms. The van der Waals surface area contributed by atoms with Crippen molar-refractivity contribution in [2.24, 2.45) is 5.41 Å². The minimum Gasteiger partial charge on any atom is -0.332 e. The number of hydrogen-bond donors (Lipinski definition) is 1. The van der Waals surface area contributed by atoms with Crippen molar-refractivity contribution in [3.63, 3.8) is 0 Å². The smallest absolute Gasteiger partial charge is 0.332 e. The lowest BCUT2D eigenvalue weighted by Gasteiger charge is -2.37. The Morgan fingerprint density at radius 3 is 1.14 bits per heavy atom. The lowest BCUT2D eigenvalue weighted by molar-refractivity contribution is -0.398. The van der Waals surface area contributed by atoms with E-state index in [1.807, 2.05) is 0 Å². The molecule has 0 heterocycles. The van der Waals surface area contributed by atoms with Crippen LogP contribution in [0.15, 0.2) is 0 Å². The standard InChI is InChI=1S/C6H7F7O/c1-3(2,5(9,10)11)4(7,8)6(12,13)14/h14H,1-2H3. The minimum absolute atomic E-state index is 0.114. The van der Waals surface area contributed by atoms with Crippen molar-refractivity contribution in [3.8, 4) is 0 Å². The third kappa shape index (κ3) is 1.79. The van der Waals surface area contributed by atoms with Crippen LogP contribution in [0.5, 0.6) is 0 Å². The van der Waals surface area contributed by atoms with Gasteiger partial charge >= 0.3 is 18.2 Å². The van der Waals surface area contributed by atoms with Gasteiger partial charge in [-0.05, 0) is 13.8 Å². The number of hydrogen-bond acceptors (Lipinski definition) is 1. The molecule has 0 fully saturated rings. The Labute approximate surface area is 74.5 Å². The predicted molar refractivity (Wildman–Crippen MR) is 31.9 cm³/mol. The van der Waals surface area contributed by atoms with Crippen LogP contribution in [0, 0.1) is 5.41 Å². The highest BCUT2D eigenvalue weighted by atomic mass is 19.4. The van der Waals surface area contributed by atoms with Crippen molar-refractivity contribution in [2.75, 3.05) is 0 Å². The van der Waals surface area contributed by atoms with Crippen molar-refractivity contribution < 1.29 is 35.8 Å². The molecule has 0 aromatic heterocycles. The highest BCUT2D eigenvalue weighted by molar-refractivity contribution is 4.95. The van der Waals surface area contributed by atoms with Crippen LogP contribution in [0.2, 0.25) is 0 Å². The molecule has 8 heteroatoms. The van der Waals surface area contributed by atoms with Gasteiger partial charge in [0.05, 0.1) is 0 Å². The van der Waals surface area contributed by atoms with Crippen LogP contribution in [0.3, 0.4) is 0 Å². The minimum atomic E-state index is -5.72. The van der Waals surface area contributed by atoms with E-state index in [9.17, 15) is 30.7 Å². The van der Waals surface area contributed by atoms with Gasteiger partial charge in [0, 0.05) is 0 Å². The van der Waals surface area contributed by atoms with Crippen molar-refractivity contribution >= 4 is 0 Å². The Morgan fingerprint density at radius 1 is 0.786 bits per heavy atom.